The molecule has 254 valence electrons. The summed E-state index contributed by atoms with van der Waals surface area (Å²) in [4.78, 5) is 32.6. The number of thioether (sulfide) groups is 1. The maximum absolute atomic E-state index is 15.2. The number of alkyl halides is 3. The van der Waals surface area contributed by atoms with Crippen LogP contribution in [0.4, 0.5) is 17.6 Å². The molecular weight excluding hydrogens is 640 g/mol. The largest absolute Gasteiger partial charge is 0.416 e. The summed E-state index contributed by atoms with van der Waals surface area (Å²) in [6, 6.07) is -13.6. The smallest absolute Gasteiger partial charge is 0.336 e. The molecule has 0 bridgehead atoms. The van der Waals surface area contributed by atoms with Crippen LogP contribution >= 0.6 is 11.8 Å². The summed E-state index contributed by atoms with van der Waals surface area (Å²) in [6.07, 6.45) is -5.28. The Kier molecular flexibility index (Phi) is 5.86. The minimum atomic E-state index is -5.25. The molecule has 0 fully saturated rings. The van der Waals surface area contributed by atoms with Gasteiger partial charge in [-0.25, -0.2) is 4.39 Å². The number of likely N-dealkylation sites (N-methyl/N-ethyl adjacent to an activating group) is 1. The van der Waals surface area contributed by atoms with Gasteiger partial charge in [0.1, 0.15) is 12.3 Å². The third-order valence-electron chi connectivity index (χ3n) is 6.97. The number of rotatable bonds is 13. The molecule has 3 aromatic carbocycles. The Morgan fingerprint density at radius 1 is 0.979 bits per heavy atom. The molecule has 1 aromatic heterocycles. The van der Waals surface area contributed by atoms with Crippen LogP contribution in [0.5, 0.6) is 0 Å². The Morgan fingerprint density at radius 2 is 1.65 bits per heavy atom. The van der Waals surface area contributed by atoms with Crippen LogP contribution in [0.2, 0.25) is 0 Å². The van der Waals surface area contributed by atoms with Crippen molar-refractivity contribution in [1.82, 2.24) is 19.4 Å². The second-order valence-electron chi connectivity index (χ2n) is 10.2. The number of benzene rings is 3. The number of halogens is 4. The van der Waals surface area contributed by atoms with Gasteiger partial charge in [0.25, 0.3) is 5.56 Å². The number of amides is 1. The van der Waals surface area contributed by atoms with Crippen LogP contribution < -0.4 is 5.56 Å². The molecule has 0 aliphatic heterocycles. The van der Waals surface area contributed by atoms with Crippen molar-refractivity contribution < 1.29 is 48.4 Å². The van der Waals surface area contributed by atoms with Crippen LogP contribution in [0, 0.1) is 12.7 Å². The number of hydrogen-bond donors (Lipinski definition) is 0. The minimum Gasteiger partial charge on any atom is -0.336 e. The fraction of sp³-hybridized carbons (Fsp3) is 0.378. The standard InChI is InChI=1S/C37H40F4N4O2S/c1-4-43(5-2)19-20-44(22-26-9-13-28(14-10-26)29-15-18-32(25(3)21-29)37(39,40)41)34(46)23-45-33-8-6-7-31(33)35(47)42-36(45)48-24-27-11-16-30(38)17-12-27/h9-18,21H,4-8,19-20,22-24H2,1-3H3/i9D,10D,11D,12D,13D,14D,15D,16D,17D,18D,19D2,20D2,21D,22D2,23D2. The molecule has 1 heterocycles. The molecule has 0 saturated carbocycles. The summed E-state index contributed by atoms with van der Waals surface area (Å²) in [6.45, 7) is -12.8. The van der Waals surface area contributed by atoms with Gasteiger partial charge in [-0.2, -0.15) is 18.2 Å². The maximum atomic E-state index is 15.2. The Balaban J connectivity index is 1.83. The normalized spacial score (nSPS) is 19.7. The van der Waals surface area contributed by atoms with Crippen molar-refractivity contribution in [2.75, 3.05) is 26.1 Å². The molecule has 0 atom stereocenters. The van der Waals surface area contributed by atoms with E-state index in [1.807, 2.05) is 0 Å². The van der Waals surface area contributed by atoms with Gasteiger partial charge in [0.15, 0.2) is 5.16 Å². The summed E-state index contributed by atoms with van der Waals surface area (Å²) < 4.78 is 223. The van der Waals surface area contributed by atoms with Crippen molar-refractivity contribution in [2.24, 2.45) is 0 Å². The van der Waals surface area contributed by atoms with Crippen molar-refractivity contribution in [3.63, 3.8) is 0 Å². The number of carbonyl (C=O) groups is 1. The predicted molar refractivity (Wildman–Crippen MR) is 181 cm³/mol. The molecule has 48 heavy (non-hydrogen) atoms. The van der Waals surface area contributed by atoms with E-state index < -0.39 is 165 Å². The lowest BCUT2D eigenvalue weighted by Crippen LogP contribution is -2.40. The zero-order chi connectivity index (χ0) is 51.2. The minimum absolute atomic E-state index is 0.0298. The van der Waals surface area contributed by atoms with E-state index >= 15 is 4.79 Å². The van der Waals surface area contributed by atoms with Crippen molar-refractivity contribution in [3.8, 4) is 11.1 Å². The van der Waals surface area contributed by atoms with E-state index in [4.69, 9.17) is 17.8 Å². The van der Waals surface area contributed by atoms with Gasteiger partial charge in [-0.05, 0) is 85.2 Å². The third kappa shape index (κ3) is 8.54. The van der Waals surface area contributed by atoms with Crippen molar-refractivity contribution in [1.29, 1.82) is 0 Å². The van der Waals surface area contributed by atoms with Crippen molar-refractivity contribution in [2.45, 2.75) is 70.1 Å². The highest BCUT2D eigenvalue weighted by molar-refractivity contribution is 7.98. The van der Waals surface area contributed by atoms with E-state index in [0.29, 0.717) is 16.3 Å². The first-order chi connectivity index (χ1) is 30.6. The SMILES string of the molecule is [2H]c1c([2H])c(CSc2nc(=O)c3c(n2C([2H])([2H])C(=O)N(C([2H])([2H])c2c([2H])c([2H])c(-c4c([2H])c([2H])c(C(F)(F)F)c(C)c4[2H])c([2H])c2[2H])C([2H])([2H])C([2H])([2H])N(CC)CC)CCC3)c([2H])c([2H])c1F. The predicted octanol–water partition coefficient (Wildman–Crippen LogP) is 7.53. The molecule has 5 rings (SSSR count). The zero-order valence-corrected chi connectivity index (χ0v) is 26.6. The van der Waals surface area contributed by atoms with Crippen LogP contribution in [-0.2, 0) is 42.6 Å². The molecule has 11 heteroatoms. The molecule has 1 amide bonds. The number of fused-ring (bicyclic) bond motifs is 1. The van der Waals surface area contributed by atoms with E-state index in [-0.39, 0.29) is 43.6 Å². The van der Waals surface area contributed by atoms with Gasteiger partial charge in [0.05, 0.1) is 28.9 Å². The number of carbonyl (C=O) groups excluding carboxylic acids is 1. The Labute approximate surface area is 309 Å². The number of nitrogens with zero attached hydrogens (tertiary/aromatic N) is 4. The molecule has 4 aromatic rings. The molecule has 1 aliphatic carbocycles. The molecule has 0 saturated heterocycles. The average molecular weight is 700 g/mol. The monoisotopic (exact) mass is 699 g/mol. The van der Waals surface area contributed by atoms with Crippen LogP contribution in [0.1, 0.15) is 79.8 Å². The van der Waals surface area contributed by atoms with E-state index in [1.165, 1.54) is 13.8 Å². The fourth-order valence-corrected chi connectivity index (χ4v) is 5.41. The van der Waals surface area contributed by atoms with Gasteiger partial charge >= 0.3 is 6.18 Å². The fourth-order valence-electron chi connectivity index (χ4n) is 4.56. The van der Waals surface area contributed by atoms with E-state index in [0.717, 1.165) is 11.8 Å². The second-order valence-corrected chi connectivity index (χ2v) is 11.1. The van der Waals surface area contributed by atoms with Crippen LogP contribution in [0.25, 0.3) is 11.1 Å². The van der Waals surface area contributed by atoms with Gasteiger partial charge in [-0.1, -0.05) is 73.9 Å². The summed E-state index contributed by atoms with van der Waals surface area (Å²) in [5, 5.41) is -0.732. The van der Waals surface area contributed by atoms with Gasteiger partial charge in [-0.3, -0.25) is 9.59 Å². The van der Waals surface area contributed by atoms with E-state index in [2.05, 4.69) is 4.98 Å². The third-order valence-corrected chi connectivity index (χ3v) is 7.94. The average Bonchev–Trinajstić information content (AvgIpc) is 3.72. The molecular formula is C37H40F4N4O2S. The van der Waals surface area contributed by atoms with Gasteiger partial charge in [0.2, 0.25) is 5.91 Å². The lowest BCUT2D eigenvalue weighted by molar-refractivity contribution is -0.138. The summed E-state index contributed by atoms with van der Waals surface area (Å²) >= 11 is 0.358. The molecule has 0 N–H and O–H groups in total. The number of aromatic nitrogens is 2. The zero-order valence-electron chi connectivity index (χ0n) is 44.8. The lowest BCUT2D eigenvalue weighted by Gasteiger charge is -2.28. The molecule has 0 radical (unpaired) electrons. The van der Waals surface area contributed by atoms with Crippen molar-refractivity contribution >= 4 is 17.7 Å². The molecule has 0 spiro atoms. The Hall–Kier alpha value is -3.96. The highest BCUT2D eigenvalue weighted by atomic mass is 32.2. The number of hydrogen-bond acceptors (Lipinski definition) is 5. The maximum Gasteiger partial charge on any atom is 0.416 e. The van der Waals surface area contributed by atoms with Crippen LogP contribution in [0.15, 0.2) is 76.4 Å². The van der Waals surface area contributed by atoms with E-state index in [1.54, 1.807) is 0 Å². The van der Waals surface area contributed by atoms with Crippen LogP contribution in [-0.4, -0.2) is 51.3 Å². The van der Waals surface area contributed by atoms with Gasteiger partial charge < -0.3 is 14.4 Å². The van der Waals surface area contributed by atoms with Crippen LogP contribution in [0.3, 0.4) is 0 Å². The highest BCUT2D eigenvalue weighted by Crippen LogP contribution is 2.34. The summed E-state index contributed by atoms with van der Waals surface area (Å²) in [5.41, 5.74) is -8.03. The van der Waals surface area contributed by atoms with Gasteiger partial charge in [-0.15, -0.1) is 0 Å². The molecule has 1 aliphatic rings. The molecule has 6 nitrogen and oxygen atoms in total. The van der Waals surface area contributed by atoms with Crippen molar-refractivity contribution in [3.05, 3.63) is 116 Å². The highest BCUT2D eigenvalue weighted by Gasteiger charge is 2.32. The van der Waals surface area contributed by atoms with Gasteiger partial charge in [0, 0.05) is 39.2 Å². The second kappa shape index (κ2) is 15.5. The Bertz CT molecular complexity index is 2680. The molecule has 0 unspecified atom stereocenters. The van der Waals surface area contributed by atoms with E-state index in [9.17, 15) is 30.6 Å². The lowest BCUT2D eigenvalue weighted by atomic mass is 9.98. The Morgan fingerprint density at radius 3 is 2.31 bits per heavy atom. The summed E-state index contributed by atoms with van der Waals surface area (Å²) in [7, 11) is 0. The first-order valence-corrected chi connectivity index (χ1v) is 15.5. The topological polar surface area (TPSA) is 58.4 Å². The first-order valence-electron chi connectivity index (χ1n) is 24.0. The first kappa shape index (κ1) is 18.2. The quantitative estimate of drug-likeness (QED) is 0.0821. The summed E-state index contributed by atoms with van der Waals surface area (Å²) in [5.74, 6) is -4.47.